The minimum atomic E-state index is -5.08. The number of carboxylic acids is 1. The van der Waals surface area contributed by atoms with Gasteiger partial charge in [0.2, 0.25) is 5.95 Å². The monoisotopic (exact) mass is 579 g/mol. The molecule has 1 aliphatic carbocycles. The second-order valence-corrected chi connectivity index (χ2v) is 10.2. The largest absolute Gasteiger partial charge is 0.490 e. The summed E-state index contributed by atoms with van der Waals surface area (Å²) in [5.74, 6) is -1.18. The van der Waals surface area contributed by atoms with Crippen molar-refractivity contribution in [1.29, 1.82) is 0 Å². The van der Waals surface area contributed by atoms with Crippen LogP contribution in [0.15, 0.2) is 78.9 Å². The number of nitrogens with one attached hydrogen (secondary N) is 2. The summed E-state index contributed by atoms with van der Waals surface area (Å²) in [6, 6.07) is 26.6. The number of aromatic nitrogens is 2. The fraction of sp³-hybridized carbons (Fsp3) is 0.290. The zero-order valence-corrected chi connectivity index (χ0v) is 23.2. The van der Waals surface area contributed by atoms with Gasteiger partial charge in [-0.05, 0) is 61.1 Å². The Morgan fingerprint density at radius 3 is 1.95 bits per heavy atom. The standard InChI is InChI=1S/C29H31N5O.C2HF3O2/c1-34(2)27-25-10-6-7-11-26(25)32-29(33-27)31-24-18-16-23(17-19-24)30-28(35)22-14-12-21(13-15-22)20-8-4-3-5-9-20;3-2(4,5)1(6)7/h3-15,23-24H,16-19H2,1-2H3,(H,30,35)(H,31,32,33);(H,6,7). The van der Waals surface area contributed by atoms with E-state index in [1.54, 1.807) is 0 Å². The lowest BCUT2D eigenvalue weighted by Crippen LogP contribution is -2.40. The number of hydrogen-bond donors (Lipinski definition) is 3. The highest BCUT2D eigenvalue weighted by atomic mass is 19.4. The third-order valence-electron chi connectivity index (χ3n) is 6.90. The first-order chi connectivity index (χ1) is 20.0. The smallest absolute Gasteiger partial charge is 0.475 e. The Morgan fingerprint density at radius 1 is 0.810 bits per heavy atom. The van der Waals surface area contributed by atoms with Crippen molar-refractivity contribution in [1.82, 2.24) is 15.3 Å². The Morgan fingerprint density at radius 2 is 1.36 bits per heavy atom. The minimum absolute atomic E-state index is 0.00509. The van der Waals surface area contributed by atoms with E-state index in [-0.39, 0.29) is 11.9 Å². The van der Waals surface area contributed by atoms with E-state index < -0.39 is 12.1 Å². The van der Waals surface area contributed by atoms with Gasteiger partial charge in [0.15, 0.2) is 0 Å². The molecule has 8 nitrogen and oxygen atoms in total. The number of carboxylic acid groups (broad SMARTS) is 1. The van der Waals surface area contributed by atoms with E-state index in [0.717, 1.165) is 53.5 Å². The molecule has 0 unspecified atom stereocenters. The van der Waals surface area contributed by atoms with Crippen LogP contribution >= 0.6 is 0 Å². The lowest BCUT2D eigenvalue weighted by molar-refractivity contribution is -0.192. The molecule has 1 saturated carbocycles. The molecule has 3 N–H and O–H groups in total. The molecule has 3 aromatic carbocycles. The molecular weight excluding hydrogens is 547 g/mol. The molecule has 1 fully saturated rings. The number of alkyl halides is 3. The first-order valence-electron chi connectivity index (χ1n) is 13.5. The highest BCUT2D eigenvalue weighted by Gasteiger charge is 2.38. The van der Waals surface area contributed by atoms with Crippen molar-refractivity contribution in [2.45, 2.75) is 43.9 Å². The van der Waals surface area contributed by atoms with Gasteiger partial charge in [-0.2, -0.15) is 18.2 Å². The van der Waals surface area contributed by atoms with Gasteiger partial charge >= 0.3 is 12.1 Å². The van der Waals surface area contributed by atoms with E-state index >= 15 is 0 Å². The molecule has 1 heterocycles. The molecule has 0 atom stereocenters. The molecule has 42 heavy (non-hydrogen) atoms. The number of anilines is 2. The third kappa shape index (κ3) is 7.96. The van der Waals surface area contributed by atoms with Crippen LogP contribution in [-0.4, -0.2) is 59.3 Å². The van der Waals surface area contributed by atoms with Gasteiger partial charge in [-0.3, -0.25) is 4.79 Å². The van der Waals surface area contributed by atoms with Gasteiger partial charge in [-0.15, -0.1) is 0 Å². The zero-order chi connectivity index (χ0) is 30.3. The number of halogens is 3. The van der Waals surface area contributed by atoms with Crippen LogP contribution in [0.1, 0.15) is 36.0 Å². The Hall–Kier alpha value is -4.67. The van der Waals surface area contributed by atoms with Crippen LogP contribution in [0.2, 0.25) is 0 Å². The Balaban J connectivity index is 0.000000517. The predicted octanol–water partition coefficient (Wildman–Crippen LogP) is 6.15. The summed E-state index contributed by atoms with van der Waals surface area (Å²) < 4.78 is 31.7. The number of rotatable bonds is 6. The van der Waals surface area contributed by atoms with Gasteiger partial charge in [0, 0.05) is 37.1 Å². The number of hydrogen-bond acceptors (Lipinski definition) is 6. The molecule has 0 bridgehead atoms. The molecule has 4 aromatic rings. The molecule has 5 rings (SSSR count). The van der Waals surface area contributed by atoms with E-state index in [1.807, 2.05) is 79.7 Å². The number of aliphatic carboxylic acids is 1. The molecule has 1 aliphatic rings. The average molecular weight is 580 g/mol. The quantitative estimate of drug-likeness (QED) is 0.252. The van der Waals surface area contributed by atoms with E-state index in [0.29, 0.717) is 17.6 Å². The van der Waals surface area contributed by atoms with Crippen molar-refractivity contribution in [2.75, 3.05) is 24.3 Å². The van der Waals surface area contributed by atoms with Gasteiger partial charge in [-0.25, -0.2) is 9.78 Å². The van der Waals surface area contributed by atoms with Gasteiger partial charge in [0.25, 0.3) is 5.91 Å². The number of nitrogens with zero attached hydrogens (tertiary/aromatic N) is 3. The maximum Gasteiger partial charge on any atom is 0.490 e. The van der Waals surface area contributed by atoms with Crippen molar-refractivity contribution in [2.24, 2.45) is 0 Å². The number of fused-ring (bicyclic) bond motifs is 1. The van der Waals surface area contributed by atoms with Gasteiger partial charge in [-0.1, -0.05) is 54.6 Å². The van der Waals surface area contributed by atoms with Crippen LogP contribution < -0.4 is 15.5 Å². The van der Waals surface area contributed by atoms with Crippen molar-refractivity contribution >= 4 is 34.5 Å². The van der Waals surface area contributed by atoms with Crippen LogP contribution in [0.3, 0.4) is 0 Å². The summed E-state index contributed by atoms with van der Waals surface area (Å²) in [5, 5.41) is 14.9. The summed E-state index contributed by atoms with van der Waals surface area (Å²) in [4.78, 5) is 33.2. The van der Waals surface area contributed by atoms with E-state index in [4.69, 9.17) is 19.9 Å². The normalized spacial score (nSPS) is 16.6. The van der Waals surface area contributed by atoms with Crippen molar-refractivity contribution in [3.63, 3.8) is 0 Å². The van der Waals surface area contributed by atoms with Crippen LogP contribution in [0.25, 0.3) is 22.0 Å². The van der Waals surface area contributed by atoms with Gasteiger partial charge in [0.05, 0.1) is 5.52 Å². The second-order valence-electron chi connectivity index (χ2n) is 10.2. The van der Waals surface area contributed by atoms with Crippen molar-refractivity contribution < 1.29 is 27.9 Å². The van der Waals surface area contributed by atoms with Gasteiger partial charge in [0.1, 0.15) is 5.82 Å². The number of amides is 1. The maximum absolute atomic E-state index is 12.8. The van der Waals surface area contributed by atoms with Crippen LogP contribution in [0.5, 0.6) is 0 Å². The topological polar surface area (TPSA) is 107 Å². The van der Waals surface area contributed by atoms with Crippen molar-refractivity contribution in [3.8, 4) is 11.1 Å². The fourth-order valence-corrected chi connectivity index (χ4v) is 4.74. The van der Waals surface area contributed by atoms with Gasteiger partial charge < -0.3 is 20.6 Å². The predicted molar refractivity (Wildman–Crippen MR) is 157 cm³/mol. The minimum Gasteiger partial charge on any atom is -0.475 e. The Kier molecular flexibility index (Phi) is 9.61. The van der Waals surface area contributed by atoms with Crippen LogP contribution in [0.4, 0.5) is 24.9 Å². The van der Waals surface area contributed by atoms with Crippen LogP contribution in [-0.2, 0) is 4.79 Å². The molecular formula is C31H32F3N5O3. The summed E-state index contributed by atoms with van der Waals surface area (Å²) in [5.41, 5.74) is 3.90. The number of benzene rings is 3. The van der Waals surface area contributed by atoms with Crippen LogP contribution in [0, 0.1) is 0 Å². The van der Waals surface area contributed by atoms with E-state index in [2.05, 4.69) is 28.8 Å². The molecule has 0 radical (unpaired) electrons. The van der Waals surface area contributed by atoms with Crippen molar-refractivity contribution in [3.05, 3.63) is 84.4 Å². The molecule has 11 heteroatoms. The summed E-state index contributed by atoms with van der Waals surface area (Å²) in [7, 11) is 4.00. The Labute approximate surface area is 241 Å². The lowest BCUT2D eigenvalue weighted by Gasteiger charge is -2.30. The van der Waals surface area contributed by atoms with E-state index in [9.17, 15) is 18.0 Å². The molecule has 1 aromatic heterocycles. The Bertz CT molecular complexity index is 1500. The van der Waals surface area contributed by atoms with E-state index in [1.165, 1.54) is 0 Å². The maximum atomic E-state index is 12.8. The molecule has 0 saturated heterocycles. The zero-order valence-electron chi connectivity index (χ0n) is 23.2. The average Bonchev–Trinajstić information content (AvgIpc) is 2.98. The number of carbonyl (C=O) groups is 2. The first kappa shape index (κ1) is 30.3. The molecule has 0 aliphatic heterocycles. The highest BCUT2D eigenvalue weighted by molar-refractivity contribution is 5.95. The third-order valence-corrected chi connectivity index (χ3v) is 6.90. The fourth-order valence-electron chi connectivity index (χ4n) is 4.74. The second kappa shape index (κ2) is 13.3. The summed E-state index contributed by atoms with van der Waals surface area (Å²) in [6.45, 7) is 0. The molecule has 1 amide bonds. The molecule has 0 spiro atoms. The summed E-state index contributed by atoms with van der Waals surface area (Å²) >= 11 is 0. The summed E-state index contributed by atoms with van der Waals surface area (Å²) in [6.07, 6.45) is -1.30. The lowest BCUT2D eigenvalue weighted by atomic mass is 9.91. The first-order valence-corrected chi connectivity index (χ1v) is 13.5. The SMILES string of the molecule is CN(C)c1nc(NC2CCC(NC(=O)c3ccc(-c4ccccc4)cc3)CC2)nc2ccccc12.O=C(O)C(F)(F)F. The molecule has 220 valence electrons. The number of carbonyl (C=O) groups excluding carboxylic acids is 1. The number of para-hydroxylation sites is 1. The highest BCUT2D eigenvalue weighted by Crippen LogP contribution is 2.27.